The van der Waals surface area contributed by atoms with Gasteiger partial charge in [-0.2, -0.15) is 5.10 Å². The molecule has 3 aliphatic heterocycles. The van der Waals surface area contributed by atoms with Crippen LogP contribution >= 0.6 is 11.3 Å². The fourth-order valence-corrected chi connectivity index (χ4v) is 12.7. The van der Waals surface area contributed by atoms with Crippen LogP contribution in [-0.2, 0) is 39.1 Å². The van der Waals surface area contributed by atoms with Gasteiger partial charge in [0.1, 0.15) is 22.7 Å². The number of methoxy groups -OCH3 is 1. The van der Waals surface area contributed by atoms with Gasteiger partial charge in [-0.3, -0.25) is 39.4 Å². The highest BCUT2D eigenvalue weighted by Crippen LogP contribution is 2.53. The van der Waals surface area contributed by atoms with Gasteiger partial charge < -0.3 is 24.4 Å². The second-order valence-electron chi connectivity index (χ2n) is 22.1. The minimum Gasteiger partial charge on any atom is -0.493 e. The van der Waals surface area contributed by atoms with Crippen LogP contribution < -0.4 is 30.3 Å². The third-order valence-corrected chi connectivity index (χ3v) is 16.5. The van der Waals surface area contributed by atoms with Crippen molar-refractivity contribution in [3.63, 3.8) is 0 Å². The number of benzene rings is 4. The Morgan fingerprint density at radius 3 is 2.44 bits per heavy atom. The van der Waals surface area contributed by atoms with Crippen molar-refractivity contribution in [2.24, 2.45) is 18.4 Å². The number of anilines is 3. The molecule has 0 bridgehead atoms. The van der Waals surface area contributed by atoms with Gasteiger partial charge in [0.05, 0.1) is 47.8 Å². The Hall–Kier alpha value is -7.70. The summed E-state index contributed by atoms with van der Waals surface area (Å²) in [5.74, 6) is 0.225. The zero-order valence-corrected chi connectivity index (χ0v) is 45.1. The molecule has 2 saturated heterocycles. The molecule has 0 radical (unpaired) electrons. The van der Waals surface area contributed by atoms with Gasteiger partial charge in [0.25, 0.3) is 5.91 Å². The zero-order valence-electron chi connectivity index (χ0n) is 44.3. The molecule has 17 nitrogen and oxygen atoms in total. The Kier molecular flexibility index (Phi) is 13.8. The van der Waals surface area contributed by atoms with Gasteiger partial charge in [-0.1, -0.05) is 41.7 Å². The van der Waals surface area contributed by atoms with Gasteiger partial charge in [0, 0.05) is 43.1 Å². The molecule has 1 unspecified atom stereocenters. The lowest BCUT2D eigenvalue weighted by Gasteiger charge is -2.52. The molecule has 4 amide bonds. The summed E-state index contributed by atoms with van der Waals surface area (Å²) in [6.07, 6.45) is 5.51. The van der Waals surface area contributed by atoms with Crippen LogP contribution in [0.2, 0.25) is 0 Å². The summed E-state index contributed by atoms with van der Waals surface area (Å²) < 4.78 is 20.8. The van der Waals surface area contributed by atoms with Crippen LogP contribution in [0.4, 0.5) is 16.6 Å². The van der Waals surface area contributed by atoms with E-state index in [-0.39, 0.29) is 47.7 Å². The average molecular weight is 1060 g/mol. The molecule has 4 aromatic carbocycles. The second-order valence-corrected chi connectivity index (χ2v) is 23.1. The predicted octanol–water partition coefficient (Wildman–Crippen LogP) is 9.36. The molecule has 3 aromatic heterocycles. The van der Waals surface area contributed by atoms with Crippen molar-refractivity contribution < 1.29 is 38.2 Å². The number of aryl methyl sites for hydroxylation is 2. The van der Waals surface area contributed by atoms with Crippen molar-refractivity contribution in [1.82, 2.24) is 30.0 Å². The summed E-state index contributed by atoms with van der Waals surface area (Å²) in [7, 11) is 3.33. The van der Waals surface area contributed by atoms with E-state index in [0.29, 0.717) is 83.2 Å². The number of para-hydroxylation sites is 1. The first-order chi connectivity index (χ1) is 37.0. The van der Waals surface area contributed by atoms with Crippen LogP contribution in [0.3, 0.4) is 0 Å². The number of carbonyl (C=O) groups is 5. The van der Waals surface area contributed by atoms with E-state index < -0.39 is 17.5 Å². The van der Waals surface area contributed by atoms with Crippen LogP contribution in [-0.4, -0.2) is 99.7 Å². The first-order valence-corrected chi connectivity index (χ1v) is 27.2. The van der Waals surface area contributed by atoms with Gasteiger partial charge in [0.15, 0.2) is 16.6 Å². The van der Waals surface area contributed by atoms with Crippen molar-refractivity contribution in [1.29, 1.82) is 0 Å². The summed E-state index contributed by atoms with van der Waals surface area (Å²) in [5, 5.41) is 14.4. The van der Waals surface area contributed by atoms with Crippen molar-refractivity contribution in [3.8, 4) is 22.6 Å². The minimum atomic E-state index is -0.745. The van der Waals surface area contributed by atoms with E-state index >= 15 is 0 Å². The lowest BCUT2D eigenvalue weighted by atomic mass is 9.58. The molecule has 3 N–H and O–H groups in total. The van der Waals surface area contributed by atoms with Gasteiger partial charge in [0.2, 0.25) is 17.7 Å². The van der Waals surface area contributed by atoms with Gasteiger partial charge in [-0.15, -0.1) is 0 Å². The van der Waals surface area contributed by atoms with Crippen molar-refractivity contribution in [2.75, 3.05) is 55.4 Å². The predicted molar refractivity (Wildman–Crippen MR) is 296 cm³/mol. The number of rotatable bonds is 13. The molecule has 1 spiro atoms. The first kappa shape index (κ1) is 51.4. The molecule has 1 atom stereocenters. The standard InChI is InChI=1S/C59H63N9O8S/c1-34-28-37(75-33-35-29-59(30-35)23-26-67(27-24-59)32-49(70)60-45-19-16-41-50(42-18-21-48(69)63-55(42)72)65-66(5)52(41)53(45)74-6)14-15-38(34)39-17-20-47(62-51(39)56(73)76-58(2,3)4)68-25-22-36-10-9-11-40(43(36)31-68)54(71)64-57-61-44-12-7-8-13-46(44)77-57/h7-17,19-20,28,35,42H,18,21-27,29-33H2,1-6H3,(H,60,70)(H,61,64,71)(H,63,69,72). The van der Waals surface area contributed by atoms with E-state index in [0.717, 1.165) is 82.4 Å². The molecule has 4 aliphatic rings. The number of fused-ring (bicyclic) bond motifs is 3. The third-order valence-electron chi connectivity index (χ3n) is 15.6. The summed E-state index contributed by atoms with van der Waals surface area (Å²) >= 11 is 1.44. The van der Waals surface area contributed by atoms with E-state index in [1.54, 1.807) is 24.9 Å². The highest BCUT2D eigenvalue weighted by molar-refractivity contribution is 7.22. The number of carbonyl (C=O) groups excluding carboxylic acids is 5. The van der Waals surface area contributed by atoms with Crippen LogP contribution in [0, 0.1) is 18.3 Å². The maximum atomic E-state index is 14.0. The fourth-order valence-electron chi connectivity index (χ4n) is 11.8. The molecule has 77 heavy (non-hydrogen) atoms. The normalized spacial score (nSPS) is 17.7. The van der Waals surface area contributed by atoms with Crippen LogP contribution in [0.1, 0.15) is 108 Å². The van der Waals surface area contributed by atoms with Crippen molar-refractivity contribution in [3.05, 3.63) is 119 Å². The Bertz CT molecular complexity index is 3460. The molecular formula is C59H63N9O8S. The average Bonchev–Trinajstić information content (AvgIpc) is 3.98. The number of esters is 1. The molecule has 3 fully saturated rings. The fraction of sp³-hybridized carbons (Fsp3) is 0.390. The van der Waals surface area contributed by atoms with Crippen LogP contribution in [0.5, 0.6) is 11.5 Å². The Morgan fingerprint density at radius 1 is 0.896 bits per heavy atom. The largest absolute Gasteiger partial charge is 0.493 e. The van der Waals surface area contributed by atoms with Crippen molar-refractivity contribution >= 4 is 78.7 Å². The number of thiazole rings is 1. The molecule has 7 aromatic rings. The van der Waals surface area contributed by atoms with Crippen molar-refractivity contribution in [2.45, 2.75) is 90.7 Å². The molecule has 1 saturated carbocycles. The van der Waals surface area contributed by atoms with E-state index in [2.05, 4.69) is 41.9 Å². The number of aromatic nitrogens is 4. The van der Waals surface area contributed by atoms with E-state index in [9.17, 15) is 24.0 Å². The number of ether oxygens (including phenoxy) is 3. The molecule has 1 aliphatic carbocycles. The van der Waals surface area contributed by atoms with E-state index in [1.807, 2.05) is 100 Å². The van der Waals surface area contributed by atoms with Gasteiger partial charge in [-0.05, 0) is 167 Å². The lowest BCUT2D eigenvalue weighted by Crippen LogP contribution is -2.49. The summed E-state index contributed by atoms with van der Waals surface area (Å²) in [6.45, 7) is 11.2. The first-order valence-electron chi connectivity index (χ1n) is 26.4. The minimum absolute atomic E-state index is 0.134. The number of nitrogens with one attached hydrogen (secondary N) is 3. The molecule has 398 valence electrons. The molecule has 6 heterocycles. The topological polar surface area (TPSA) is 199 Å². The summed E-state index contributed by atoms with van der Waals surface area (Å²) in [5.41, 5.74) is 7.39. The number of amides is 4. The number of nitrogens with zero attached hydrogens (tertiary/aromatic N) is 6. The monoisotopic (exact) mass is 1060 g/mol. The smallest absolute Gasteiger partial charge is 0.358 e. The third kappa shape index (κ3) is 10.6. The Labute approximate surface area is 450 Å². The second kappa shape index (κ2) is 20.7. The Balaban J connectivity index is 0.697. The number of imide groups is 1. The molecular weight excluding hydrogens is 995 g/mol. The van der Waals surface area contributed by atoms with Crippen LogP contribution in [0.15, 0.2) is 84.9 Å². The van der Waals surface area contributed by atoms with Crippen LogP contribution in [0.25, 0.3) is 32.2 Å². The number of hydrogen-bond acceptors (Lipinski definition) is 14. The number of pyridine rings is 1. The maximum absolute atomic E-state index is 14.0. The molecule has 18 heteroatoms. The SMILES string of the molecule is COc1c(NC(=O)CN2CCC3(CC2)CC(COc2ccc(-c4ccc(N5CCc6cccc(C(=O)Nc7nc8ccccc8s7)c6C5)nc4C(=O)OC(C)(C)C)c(C)c2)C3)ccc2c(C3CCC(=O)NC3=O)nn(C)c12. The number of hydrogen-bond donors (Lipinski definition) is 3. The Morgan fingerprint density at radius 2 is 1.69 bits per heavy atom. The summed E-state index contributed by atoms with van der Waals surface area (Å²) in [6, 6.07) is 27.1. The zero-order chi connectivity index (χ0) is 53.8. The maximum Gasteiger partial charge on any atom is 0.358 e. The van der Waals surface area contributed by atoms with E-state index in [4.69, 9.17) is 19.2 Å². The van der Waals surface area contributed by atoms with Gasteiger partial charge >= 0.3 is 5.97 Å². The molecule has 11 rings (SSSR count). The van der Waals surface area contributed by atoms with Gasteiger partial charge in [-0.25, -0.2) is 14.8 Å². The summed E-state index contributed by atoms with van der Waals surface area (Å²) in [4.78, 5) is 79.7. The lowest BCUT2D eigenvalue weighted by molar-refractivity contribution is -0.134. The quantitative estimate of drug-likeness (QED) is 0.0730. The van der Waals surface area contributed by atoms with E-state index in [1.165, 1.54) is 11.3 Å². The number of likely N-dealkylation sites (tertiary alicyclic amines) is 1. The highest BCUT2D eigenvalue weighted by Gasteiger charge is 2.46. The number of piperidine rings is 2. The highest BCUT2D eigenvalue weighted by atomic mass is 32.1.